The predicted octanol–water partition coefficient (Wildman–Crippen LogP) is 2.61. The van der Waals surface area contributed by atoms with Crippen molar-refractivity contribution in [3.8, 4) is 5.75 Å². The Morgan fingerprint density at radius 1 is 0.926 bits per heavy atom. The summed E-state index contributed by atoms with van der Waals surface area (Å²) in [5.74, 6) is -0.0479. The highest BCUT2D eigenvalue weighted by Gasteiger charge is 2.43. The number of aromatic hydroxyl groups is 1. The highest BCUT2D eigenvalue weighted by Crippen LogP contribution is 2.30. The van der Waals surface area contributed by atoms with E-state index in [0.717, 1.165) is 10.2 Å². The topological polar surface area (TPSA) is 64.1 Å². The monoisotopic (exact) mass is 429 g/mol. The van der Waals surface area contributed by atoms with Crippen molar-refractivity contribution in [3.63, 3.8) is 0 Å². The van der Waals surface area contributed by atoms with E-state index in [1.807, 2.05) is 24.3 Å². The summed E-state index contributed by atoms with van der Waals surface area (Å²) < 4.78 is 0.905. The minimum Gasteiger partial charge on any atom is -0.506 e. The molecule has 1 atom stereocenters. The number of carbonyl (C=O) groups excluding carboxylic acids is 2. The molecule has 2 aliphatic rings. The van der Waals surface area contributed by atoms with Gasteiger partial charge in [-0.3, -0.25) is 14.5 Å². The van der Waals surface area contributed by atoms with Crippen LogP contribution in [0.4, 0.5) is 11.4 Å². The maximum Gasteiger partial charge on any atom is 0.251 e. The molecule has 7 heteroatoms. The molecule has 0 aromatic heterocycles. The summed E-state index contributed by atoms with van der Waals surface area (Å²) in [6.45, 7) is 2.75. The molecule has 2 aromatic carbocycles. The Kier molecular flexibility index (Phi) is 4.88. The van der Waals surface area contributed by atoms with Crippen molar-refractivity contribution in [1.29, 1.82) is 0 Å². The van der Waals surface area contributed by atoms with Gasteiger partial charge in [-0.25, -0.2) is 4.90 Å². The molecular formula is C20H20BrN3O3. The maximum atomic E-state index is 12.9. The molecule has 2 aliphatic heterocycles. The van der Waals surface area contributed by atoms with Crippen molar-refractivity contribution in [1.82, 2.24) is 4.90 Å². The Bertz CT molecular complexity index is 863. The van der Waals surface area contributed by atoms with Gasteiger partial charge in [-0.1, -0.05) is 28.1 Å². The molecule has 0 unspecified atom stereocenters. The lowest BCUT2D eigenvalue weighted by molar-refractivity contribution is -0.123. The Hall–Kier alpha value is -2.38. The van der Waals surface area contributed by atoms with Crippen LogP contribution >= 0.6 is 15.9 Å². The standard InChI is InChI=1S/C20H20BrN3O3/c21-14-5-7-15(8-6-14)24-19(26)13-17(20(24)27)23-11-9-22(10-12-23)16-3-1-2-4-18(16)25/h1-8,17,25H,9-13H2/t17-/m0/s1. The fraction of sp³-hybridized carbons (Fsp3) is 0.300. The van der Waals surface area contributed by atoms with E-state index in [1.54, 1.807) is 24.3 Å². The number of benzene rings is 2. The molecule has 2 fully saturated rings. The molecule has 27 heavy (non-hydrogen) atoms. The number of halogens is 1. The molecule has 2 heterocycles. The van der Waals surface area contributed by atoms with Crippen molar-refractivity contribution in [2.75, 3.05) is 36.0 Å². The third-order valence-electron chi connectivity index (χ3n) is 5.19. The average molecular weight is 430 g/mol. The lowest BCUT2D eigenvalue weighted by Crippen LogP contribution is -2.52. The molecular weight excluding hydrogens is 410 g/mol. The number of rotatable bonds is 3. The van der Waals surface area contributed by atoms with E-state index in [0.29, 0.717) is 31.9 Å². The summed E-state index contributed by atoms with van der Waals surface area (Å²) in [5, 5.41) is 10.0. The Morgan fingerprint density at radius 2 is 1.59 bits per heavy atom. The molecule has 2 saturated heterocycles. The van der Waals surface area contributed by atoms with E-state index in [4.69, 9.17) is 0 Å². The molecule has 0 saturated carbocycles. The zero-order valence-electron chi connectivity index (χ0n) is 14.7. The SMILES string of the molecule is O=C1C[C@H](N2CCN(c3ccccc3O)CC2)C(=O)N1c1ccc(Br)cc1. The van der Waals surface area contributed by atoms with Gasteiger partial charge in [-0.05, 0) is 36.4 Å². The molecule has 0 aliphatic carbocycles. The number of amides is 2. The number of phenols is 1. The van der Waals surface area contributed by atoms with Crippen LogP contribution in [-0.4, -0.2) is 54.0 Å². The summed E-state index contributed by atoms with van der Waals surface area (Å²) >= 11 is 3.37. The quantitative estimate of drug-likeness (QED) is 0.759. The first-order valence-corrected chi connectivity index (χ1v) is 9.73. The lowest BCUT2D eigenvalue weighted by atomic mass is 10.1. The normalized spacial score (nSPS) is 21.1. The van der Waals surface area contributed by atoms with Gasteiger partial charge in [0.2, 0.25) is 5.91 Å². The summed E-state index contributed by atoms with van der Waals surface area (Å²) in [4.78, 5) is 30.9. The molecule has 140 valence electrons. The second-order valence-electron chi connectivity index (χ2n) is 6.78. The summed E-state index contributed by atoms with van der Waals surface area (Å²) in [5.41, 5.74) is 1.42. The maximum absolute atomic E-state index is 12.9. The molecule has 2 amide bonds. The van der Waals surface area contributed by atoms with Crippen LogP contribution in [0.5, 0.6) is 5.75 Å². The Labute approximate surface area is 166 Å². The van der Waals surface area contributed by atoms with Gasteiger partial charge in [0.1, 0.15) is 5.75 Å². The number of anilines is 2. The molecule has 1 N–H and O–H groups in total. The molecule has 0 spiro atoms. The highest BCUT2D eigenvalue weighted by molar-refractivity contribution is 9.10. The first-order chi connectivity index (χ1) is 13.0. The lowest BCUT2D eigenvalue weighted by Gasteiger charge is -2.38. The molecule has 0 radical (unpaired) electrons. The fourth-order valence-electron chi connectivity index (χ4n) is 3.77. The predicted molar refractivity (Wildman–Crippen MR) is 107 cm³/mol. The number of carbonyl (C=O) groups is 2. The van der Waals surface area contributed by atoms with Crippen LogP contribution in [0.1, 0.15) is 6.42 Å². The zero-order chi connectivity index (χ0) is 19.0. The van der Waals surface area contributed by atoms with E-state index in [-0.39, 0.29) is 24.0 Å². The van der Waals surface area contributed by atoms with Crippen LogP contribution in [0.2, 0.25) is 0 Å². The molecule has 2 aromatic rings. The van der Waals surface area contributed by atoms with Gasteiger partial charge in [0.15, 0.2) is 0 Å². The van der Waals surface area contributed by atoms with E-state index in [9.17, 15) is 14.7 Å². The number of hydrogen-bond acceptors (Lipinski definition) is 5. The number of hydrogen-bond donors (Lipinski definition) is 1. The Balaban J connectivity index is 1.44. The number of imide groups is 1. The van der Waals surface area contributed by atoms with Crippen LogP contribution < -0.4 is 9.80 Å². The zero-order valence-corrected chi connectivity index (χ0v) is 16.3. The fourth-order valence-corrected chi connectivity index (χ4v) is 4.03. The Morgan fingerprint density at radius 3 is 2.26 bits per heavy atom. The first kappa shape index (κ1) is 18.0. The van der Waals surface area contributed by atoms with Crippen molar-refractivity contribution in [3.05, 3.63) is 53.0 Å². The minimum absolute atomic E-state index is 0.154. The average Bonchev–Trinajstić information content (AvgIpc) is 2.97. The van der Waals surface area contributed by atoms with Gasteiger partial charge in [0.25, 0.3) is 5.91 Å². The van der Waals surface area contributed by atoms with Crippen molar-refractivity contribution in [2.45, 2.75) is 12.5 Å². The van der Waals surface area contributed by atoms with Gasteiger partial charge in [-0.2, -0.15) is 0 Å². The largest absolute Gasteiger partial charge is 0.506 e. The third kappa shape index (κ3) is 3.44. The molecule has 0 bridgehead atoms. The van der Waals surface area contributed by atoms with Crippen LogP contribution in [0, 0.1) is 0 Å². The first-order valence-electron chi connectivity index (χ1n) is 8.94. The number of para-hydroxylation sites is 2. The summed E-state index contributed by atoms with van der Waals surface area (Å²) in [7, 11) is 0. The minimum atomic E-state index is -0.410. The van der Waals surface area contributed by atoms with Crippen LogP contribution in [0.15, 0.2) is 53.0 Å². The van der Waals surface area contributed by atoms with Crippen molar-refractivity contribution in [2.24, 2.45) is 0 Å². The van der Waals surface area contributed by atoms with E-state index in [2.05, 4.69) is 25.7 Å². The van der Waals surface area contributed by atoms with E-state index >= 15 is 0 Å². The number of phenolic OH excluding ortho intramolecular Hbond substituents is 1. The van der Waals surface area contributed by atoms with Gasteiger partial charge in [0, 0.05) is 30.7 Å². The molecule has 4 rings (SSSR count). The van der Waals surface area contributed by atoms with Crippen LogP contribution in [0.3, 0.4) is 0 Å². The molecule has 6 nitrogen and oxygen atoms in total. The number of nitrogens with zero attached hydrogens (tertiary/aromatic N) is 3. The van der Waals surface area contributed by atoms with E-state index < -0.39 is 6.04 Å². The van der Waals surface area contributed by atoms with Gasteiger partial charge >= 0.3 is 0 Å². The van der Waals surface area contributed by atoms with Gasteiger partial charge in [-0.15, -0.1) is 0 Å². The van der Waals surface area contributed by atoms with Crippen LogP contribution in [0.25, 0.3) is 0 Å². The second kappa shape index (κ2) is 7.32. The van der Waals surface area contributed by atoms with Gasteiger partial charge in [0.05, 0.1) is 23.8 Å². The third-order valence-corrected chi connectivity index (χ3v) is 5.71. The van der Waals surface area contributed by atoms with Crippen molar-refractivity contribution < 1.29 is 14.7 Å². The summed E-state index contributed by atoms with van der Waals surface area (Å²) in [6.07, 6.45) is 0.214. The highest BCUT2D eigenvalue weighted by atomic mass is 79.9. The van der Waals surface area contributed by atoms with Crippen LogP contribution in [-0.2, 0) is 9.59 Å². The number of piperazine rings is 1. The van der Waals surface area contributed by atoms with Gasteiger partial charge < -0.3 is 10.0 Å². The summed E-state index contributed by atoms with van der Waals surface area (Å²) in [6, 6.07) is 14.1. The van der Waals surface area contributed by atoms with Crippen molar-refractivity contribution >= 4 is 39.1 Å². The second-order valence-corrected chi connectivity index (χ2v) is 7.69. The smallest absolute Gasteiger partial charge is 0.251 e. The van der Waals surface area contributed by atoms with E-state index in [1.165, 1.54) is 4.90 Å².